The summed E-state index contributed by atoms with van der Waals surface area (Å²) >= 11 is 7.80. The molecule has 6 rings (SSSR count). The second-order valence-electron chi connectivity index (χ2n) is 9.34. The molecule has 3 heterocycles. The quantitative estimate of drug-likeness (QED) is 0.455. The number of fused-ring (bicyclic) bond motifs is 3. The van der Waals surface area contributed by atoms with Crippen LogP contribution in [-0.4, -0.2) is 64.8 Å². The lowest BCUT2D eigenvalue weighted by atomic mass is 10.1. The van der Waals surface area contributed by atoms with Crippen molar-refractivity contribution in [3.63, 3.8) is 0 Å². The van der Waals surface area contributed by atoms with Crippen LogP contribution < -0.4 is 4.90 Å². The van der Waals surface area contributed by atoms with Gasteiger partial charge < -0.3 is 9.80 Å². The highest BCUT2D eigenvalue weighted by atomic mass is 35.5. The Morgan fingerprint density at radius 1 is 0.921 bits per heavy atom. The molecule has 3 aliphatic heterocycles. The van der Waals surface area contributed by atoms with E-state index >= 15 is 0 Å². The SMILES string of the molecule is O=C(C[C@@H]1N=C2c3ccccc3N=C(SCc3ccccc3Cl)N2C1=O)N1CCN(c2ccccc2)CC1. The van der Waals surface area contributed by atoms with Gasteiger partial charge in [0.25, 0.3) is 5.91 Å². The molecule has 0 aromatic heterocycles. The zero-order chi connectivity index (χ0) is 26.1. The lowest BCUT2D eigenvalue weighted by molar-refractivity contribution is -0.135. The van der Waals surface area contributed by atoms with Crippen LogP contribution in [0.5, 0.6) is 0 Å². The minimum absolute atomic E-state index is 0.0456. The summed E-state index contributed by atoms with van der Waals surface area (Å²) < 4.78 is 0. The molecule has 2 amide bonds. The van der Waals surface area contributed by atoms with E-state index in [1.165, 1.54) is 11.8 Å². The number of hydrogen-bond donors (Lipinski definition) is 0. The summed E-state index contributed by atoms with van der Waals surface area (Å²) in [4.78, 5) is 42.1. The summed E-state index contributed by atoms with van der Waals surface area (Å²) in [5.74, 6) is 0.869. The Labute approximate surface area is 230 Å². The molecule has 0 radical (unpaired) electrons. The van der Waals surface area contributed by atoms with Crippen LogP contribution >= 0.6 is 23.4 Å². The maximum absolute atomic E-state index is 13.6. The van der Waals surface area contributed by atoms with E-state index in [4.69, 9.17) is 21.6 Å². The van der Waals surface area contributed by atoms with Crippen LogP contribution in [0.2, 0.25) is 5.02 Å². The molecule has 192 valence electrons. The van der Waals surface area contributed by atoms with Crippen molar-refractivity contribution in [2.75, 3.05) is 31.1 Å². The van der Waals surface area contributed by atoms with Gasteiger partial charge in [0.15, 0.2) is 5.17 Å². The van der Waals surface area contributed by atoms with Crippen LogP contribution in [0.15, 0.2) is 88.8 Å². The van der Waals surface area contributed by atoms with Crippen molar-refractivity contribution >= 4 is 57.6 Å². The molecule has 0 bridgehead atoms. The maximum Gasteiger partial charge on any atom is 0.259 e. The van der Waals surface area contributed by atoms with E-state index in [-0.39, 0.29) is 18.2 Å². The molecular weight excluding hydrogens is 518 g/mol. The fourth-order valence-electron chi connectivity index (χ4n) is 4.94. The minimum Gasteiger partial charge on any atom is -0.368 e. The molecule has 3 aliphatic rings. The summed E-state index contributed by atoms with van der Waals surface area (Å²) in [6.07, 6.45) is 0.0504. The third kappa shape index (κ3) is 4.81. The van der Waals surface area contributed by atoms with Gasteiger partial charge in [0, 0.05) is 48.2 Å². The molecule has 0 aliphatic carbocycles. The second-order valence-corrected chi connectivity index (χ2v) is 10.7. The van der Waals surface area contributed by atoms with Gasteiger partial charge in [-0.25, -0.2) is 9.89 Å². The number of carbonyl (C=O) groups excluding carboxylic acids is 2. The van der Waals surface area contributed by atoms with Crippen molar-refractivity contribution in [2.45, 2.75) is 18.2 Å². The number of benzene rings is 3. The van der Waals surface area contributed by atoms with E-state index in [1.54, 1.807) is 4.90 Å². The summed E-state index contributed by atoms with van der Waals surface area (Å²) in [7, 11) is 0. The van der Waals surface area contributed by atoms with Crippen LogP contribution in [-0.2, 0) is 15.3 Å². The number of amidine groups is 2. The molecule has 3 aromatic carbocycles. The van der Waals surface area contributed by atoms with Gasteiger partial charge in [0.05, 0.1) is 12.1 Å². The molecule has 0 spiro atoms. The number of anilines is 1. The first-order valence-corrected chi connectivity index (χ1v) is 14.0. The van der Waals surface area contributed by atoms with Gasteiger partial charge in [-0.2, -0.15) is 0 Å². The zero-order valence-corrected chi connectivity index (χ0v) is 22.2. The highest BCUT2D eigenvalue weighted by molar-refractivity contribution is 8.13. The molecule has 38 heavy (non-hydrogen) atoms. The zero-order valence-electron chi connectivity index (χ0n) is 20.7. The molecular formula is C29H26ClN5O2S. The fourth-order valence-corrected chi connectivity index (χ4v) is 6.22. The van der Waals surface area contributed by atoms with E-state index in [0.29, 0.717) is 34.9 Å². The number of thioether (sulfide) groups is 1. The summed E-state index contributed by atoms with van der Waals surface area (Å²) in [5.41, 5.74) is 3.69. The van der Waals surface area contributed by atoms with Gasteiger partial charge in [-0.3, -0.25) is 14.6 Å². The van der Waals surface area contributed by atoms with E-state index in [2.05, 4.69) is 17.0 Å². The average molecular weight is 544 g/mol. The number of aliphatic imine (C=N–C) groups is 2. The monoisotopic (exact) mass is 543 g/mol. The van der Waals surface area contributed by atoms with Crippen LogP contribution in [0.4, 0.5) is 11.4 Å². The Kier molecular flexibility index (Phi) is 6.91. The molecule has 3 aromatic rings. The predicted octanol–water partition coefficient (Wildman–Crippen LogP) is 4.97. The third-order valence-corrected chi connectivity index (χ3v) is 8.34. The number of carbonyl (C=O) groups is 2. The molecule has 1 atom stereocenters. The fraction of sp³-hybridized carbons (Fsp3) is 0.241. The predicted molar refractivity (Wildman–Crippen MR) is 153 cm³/mol. The number of hydrogen-bond acceptors (Lipinski definition) is 6. The maximum atomic E-state index is 13.6. The molecule has 1 saturated heterocycles. The number of piperazine rings is 1. The standard InChI is InChI=1S/C29H26ClN5O2S/c30-23-12-6-4-8-20(23)19-38-29-32-24-13-7-5-11-22(24)27-31-25(28(37)35(27)29)18-26(36)34-16-14-33(15-17-34)21-9-2-1-3-10-21/h1-13,25H,14-19H2/t25-/m0/s1. The molecule has 7 nitrogen and oxygen atoms in total. The topological polar surface area (TPSA) is 68.6 Å². The normalized spacial score (nSPS) is 18.6. The van der Waals surface area contributed by atoms with Gasteiger partial charge in [-0.05, 0) is 35.9 Å². The Hall–Kier alpha value is -3.62. The molecule has 1 fully saturated rings. The van der Waals surface area contributed by atoms with Gasteiger partial charge in [-0.1, -0.05) is 71.9 Å². The largest absolute Gasteiger partial charge is 0.368 e. The number of nitrogens with zero attached hydrogens (tertiary/aromatic N) is 5. The Balaban J connectivity index is 1.17. The van der Waals surface area contributed by atoms with Crippen molar-refractivity contribution < 1.29 is 9.59 Å². The summed E-state index contributed by atoms with van der Waals surface area (Å²) in [6.45, 7) is 2.77. The Bertz CT molecular complexity index is 1440. The smallest absolute Gasteiger partial charge is 0.259 e. The molecule has 0 N–H and O–H groups in total. The molecule has 0 saturated carbocycles. The number of halogens is 1. The Morgan fingerprint density at radius 2 is 1.63 bits per heavy atom. The number of rotatable bonds is 5. The van der Waals surface area contributed by atoms with E-state index in [0.717, 1.165) is 35.6 Å². The lowest BCUT2D eigenvalue weighted by Gasteiger charge is -2.36. The average Bonchev–Trinajstić information content (AvgIpc) is 3.29. The van der Waals surface area contributed by atoms with E-state index < -0.39 is 6.04 Å². The third-order valence-electron chi connectivity index (χ3n) is 6.98. The van der Waals surface area contributed by atoms with Crippen molar-refractivity contribution in [1.82, 2.24) is 9.80 Å². The molecule has 9 heteroatoms. The highest BCUT2D eigenvalue weighted by Gasteiger charge is 2.42. The van der Waals surface area contributed by atoms with Crippen LogP contribution in [0, 0.1) is 0 Å². The Morgan fingerprint density at radius 3 is 2.42 bits per heavy atom. The van der Waals surface area contributed by atoms with Gasteiger partial charge >= 0.3 is 0 Å². The molecule has 0 unspecified atom stereocenters. The summed E-state index contributed by atoms with van der Waals surface area (Å²) in [6, 6.07) is 24.8. The first-order valence-electron chi connectivity index (χ1n) is 12.6. The van der Waals surface area contributed by atoms with Crippen LogP contribution in [0.3, 0.4) is 0 Å². The first kappa shape index (κ1) is 24.7. The minimum atomic E-state index is -0.762. The van der Waals surface area contributed by atoms with Crippen LogP contribution in [0.1, 0.15) is 17.5 Å². The number of amides is 2. The first-order chi connectivity index (χ1) is 18.6. The highest BCUT2D eigenvalue weighted by Crippen LogP contribution is 2.35. The number of para-hydroxylation sites is 2. The van der Waals surface area contributed by atoms with Crippen molar-refractivity contribution in [3.05, 3.63) is 95.0 Å². The second kappa shape index (κ2) is 10.6. The van der Waals surface area contributed by atoms with Gasteiger partial charge in [-0.15, -0.1) is 0 Å². The van der Waals surface area contributed by atoms with Gasteiger partial charge in [0.1, 0.15) is 11.9 Å². The summed E-state index contributed by atoms with van der Waals surface area (Å²) in [5, 5.41) is 1.23. The van der Waals surface area contributed by atoms with Crippen molar-refractivity contribution in [2.24, 2.45) is 9.98 Å². The van der Waals surface area contributed by atoms with Crippen molar-refractivity contribution in [1.29, 1.82) is 0 Å². The lowest BCUT2D eigenvalue weighted by Crippen LogP contribution is -2.49. The van der Waals surface area contributed by atoms with E-state index in [9.17, 15) is 9.59 Å². The van der Waals surface area contributed by atoms with E-state index in [1.807, 2.05) is 71.6 Å². The van der Waals surface area contributed by atoms with Crippen molar-refractivity contribution in [3.8, 4) is 0 Å². The van der Waals surface area contributed by atoms with Crippen LogP contribution in [0.25, 0.3) is 0 Å². The van der Waals surface area contributed by atoms with Gasteiger partial charge in [0.2, 0.25) is 5.91 Å².